The lowest BCUT2D eigenvalue weighted by Crippen LogP contribution is -2.35. The van der Waals surface area contributed by atoms with Crippen molar-refractivity contribution in [1.29, 1.82) is 5.26 Å². The van der Waals surface area contributed by atoms with Crippen molar-refractivity contribution in [2.45, 2.75) is 26.7 Å². The second-order valence-electron chi connectivity index (χ2n) is 6.70. The van der Waals surface area contributed by atoms with Gasteiger partial charge in [-0.1, -0.05) is 49.7 Å². The molecule has 0 saturated carbocycles. The maximum Gasteiger partial charge on any atom is 0.323 e. The van der Waals surface area contributed by atoms with E-state index in [0.717, 1.165) is 24.0 Å². The molecule has 0 spiro atoms. The van der Waals surface area contributed by atoms with Crippen molar-refractivity contribution in [3.63, 3.8) is 0 Å². The monoisotopic (exact) mass is 365 g/mol. The van der Waals surface area contributed by atoms with Crippen LogP contribution in [-0.4, -0.2) is 6.03 Å². The third-order valence-corrected chi connectivity index (χ3v) is 5.21. The maximum atomic E-state index is 12.5. The summed E-state index contributed by atoms with van der Waals surface area (Å²) in [6.45, 7) is 4.14. The number of nitrogens with one attached hydrogen (secondary N) is 2. The minimum atomic E-state index is -0.384. The molecular formula is C21H20ClN3O. The molecule has 0 radical (unpaired) electrons. The fourth-order valence-electron chi connectivity index (χ4n) is 3.30. The van der Waals surface area contributed by atoms with E-state index < -0.39 is 0 Å². The van der Waals surface area contributed by atoms with Crippen molar-refractivity contribution < 1.29 is 4.79 Å². The number of anilines is 1. The van der Waals surface area contributed by atoms with Gasteiger partial charge in [0.1, 0.15) is 0 Å². The normalized spacial score (nSPS) is 18.7. The van der Waals surface area contributed by atoms with E-state index in [0.29, 0.717) is 22.0 Å². The third kappa shape index (κ3) is 3.44. The molecule has 1 atom stereocenters. The van der Waals surface area contributed by atoms with Crippen LogP contribution < -0.4 is 10.6 Å². The van der Waals surface area contributed by atoms with E-state index in [4.69, 9.17) is 11.6 Å². The van der Waals surface area contributed by atoms with Crippen LogP contribution in [0.5, 0.6) is 0 Å². The third-order valence-electron chi connectivity index (χ3n) is 4.95. The number of amides is 2. The van der Waals surface area contributed by atoms with Crippen LogP contribution in [0.15, 0.2) is 54.1 Å². The van der Waals surface area contributed by atoms with Gasteiger partial charge in [0, 0.05) is 21.7 Å². The average molecular weight is 366 g/mol. The van der Waals surface area contributed by atoms with Gasteiger partial charge in [-0.3, -0.25) is 0 Å². The van der Waals surface area contributed by atoms with Gasteiger partial charge in [0.15, 0.2) is 0 Å². The molecule has 1 unspecified atom stereocenters. The van der Waals surface area contributed by atoms with E-state index in [1.165, 1.54) is 0 Å². The molecule has 2 aromatic carbocycles. The van der Waals surface area contributed by atoms with Crippen LogP contribution in [0.25, 0.3) is 5.70 Å². The smallest absolute Gasteiger partial charge is 0.308 e. The fourth-order valence-corrected chi connectivity index (χ4v) is 3.42. The van der Waals surface area contributed by atoms with Crippen LogP contribution in [-0.2, 0) is 6.42 Å². The average Bonchev–Trinajstić information content (AvgIpc) is 2.63. The van der Waals surface area contributed by atoms with E-state index in [1.54, 1.807) is 24.3 Å². The number of nitrogens with zero attached hydrogens (tertiary/aromatic N) is 1. The molecule has 0 bridgehead atoms. The Labute approximate surface area is 158 Å². The van der Waals surface area contributed by atoms with E-state index in [9.17, 15) is 10.1 Å². The lowest BCUT2D eigenvalue weighted by atomic mass is 9.69. The number of benzene rings is 2. The Morgan fingerprint density at radius 1 is 1.19 bits per heavy atom. The molecule has 0 aliphatic heterocycles. The number of fused-ring (bicyclic) bond motifs is 1. The van der Waals surface area contributed by atoms with Gasteiger partial charge in [0.2, 0.25) is 0 Å². The Morgan fingerprint density at radius 3 is 2.54 bits per heavy atom. The largest absolute Gasteiger partial charge is 0.323 e. The second-order valence-corrected chi connectivity index (χ2v) is 7.13. The molecule has 2 amide bonds. The van der Waals surface area contributed by atoms with Gasteiger partial charge in [-0.25, -0.2) is 4.79 Å². The molecule has 3 rings (SSSR count). The number of hydrogen-bond donors (Lipinski definition) is 2. The van der Waals surface area contributed by atoms with Crippen molar-refractivity contribution in [2.75, 3.05) is 5.32 Å². The topological polar surface area (TPSA) is 64.9 Å². The number of urea groups is 1. The summed E-state index contributed by atoms with van der Waals surface area (Å²) in [4.78, 5) is 12.5. The van der Waals surface area contributed by atoms with E-state index in [2.05, 4.69) is 36.6 Å². The number of rotatable bonds is 3. The van der Waals surface area contributed by atoms with Gasteiger partial charge in [-0.15, -0.1) is 0 Å². The predicted octanol–water partition coefficient (Wildman–Crippen LogP) is 5.37. The first-order chi connectivity index (χ1) is 12.5. The predicted molar refractivity (Wildman–Crippen MR) is 105 cm³/mol. The Bertz CT molecular complexity index is 912. The maximum absolute atomic E-state index is 12.5. The molecule has 0 aromatic heterocycles. The molecule has 4 nitrogen and oxygen atoms in total. The van der Waals surface area contributed by atoms with E-state index >= 15 is 0 Å². The van der Waals surface area contributed by atoms with Crippen molar-refractivity contribution in [3.05, 3.63) is 70.3 Å². The van der Waals surface area contributed by atoms with Gasteiger partial charge in [-0.05, 0) is 42.7 Å². The van der Waals surface area contributed by atoms with E-state index in [1.807, 2.05) is 18.2 Å². The number of nitriles is 1. The summed E-state index contributed by atoms with van der Waals surface area (Å²) in [5, 5.41) is 16.1. The van der Waals surface area contributed by atoms with Gasteiger partial charge in [0.05, 0.1) is 17.3 Å². The van der Waals surface area contributed by atoms with Crippen LogP contribution >= 0.6 is 11.6 Å². The zero-order chi connectivity index (χ0) is 18.7. The lowest BCUT2D eigenvalue weighted by Gasteiger charge is -2.35. The molecule has 0 fully saturated rings. The first kappa shape index (κ1) is 18.0. The van der Waals surface area contributed by atoms with Crippen LogP contribution in [0.4, 0.5) is 10.5 Å². The summed E-state index contributed by atoms with van der Waals surface area (Å²) in [7, 11) is 0. The molecular weight excluding hydrogens is 346 g/mol. The molecule has 0 saturated heterocycles. The van der Waals surface area contributed by atoms with Gasteiger partial charge >= 0.3 is 6.03 Å². The summed E-state index contributed by atoms with van der Waals surface area (Å²) in [6, 6.07) is 16.7. The van der Waals surface area contributed by atoms with E-state index in [-0.39, 0.29) is 11.4 Å². The summed E-state index contributed by atoms with van der Waals surface area (Å²) >= 11 is 5.87. The standard InChI is InChI=1S/C21H20ClN3O/c1-3-21(2)12-14-6-4-5-7-17(14)19(18(21)13-23)25-20(26)24-16-10-8-15(22)9-11-16/h4-11H,3,12H2,1-2H3,(H2,24,25,26). The van der Waals surface area contributed by atoms with Crippen LogP contribution in [0.3, 0.4) is 0 Å². The van der Waals surface area contributed by atoms with Crippen LogP contribution in [0, 0.1) is 16.7 Å². The molecule has 1 aliphatic carbocycles. The number of carbonyl (C=O) groups is 1. The van der Waals surface area contributed by atoms with Crippen LogP contribution in [0.1, 0.15) is 31.4 Å². The van der Waals surface area contributed by atoms with Crippen molar-refractivity contribution in [2.24, 2.45) is 5.41 Å². The number of hydrogen-bond acceptors (Lipinski definition) is 2. The Balaban J connectivity index is 1.95. The number of halogens is 1. The Kier molecular flexibility index (Phi) is 5.01. The highest BCUT2D eigenvalue weighted by atomic mass is 35.5. The highest BCUT2D eigenvalue weighted by Gasteiger charge is 2.36. The highest BCUT2D eigenvalue weighted by Crippen LogP contribution is 2.43. The zero-order valence-corrected chi connectivity index (χ0v) is 15.5. The Morgan fingerprint density at radius 2 is 1.88 bits per heavy atom. The number of allylic oxidation sites excluding steroid dienone is 1. The second kappa shape index (κ2) is 7.23. The van der Waals surface area contributed by atoms with Crippen molar-refractivity contribution in [1.82, 2.24) is 5.32 Å². The highest BCUT2D eigenvalue weighted by molar-refractivity contribution is 6.30. The molecule has 5 heteroatoms. The quantitative estimate of drug-likeness (QED) is 0.768. The van der Waals surface area contributed by atoms with Gasteiger partial charge in [0.25, 0.3) is 0 Å². The fraction of sp³-hybridized carbons (Fsp3) is 0.238. The van der Waals surface area contributed by atoms with Crippen molar-refractivity contribution >= 4 is 29.0 Å². The first-order valence-corrected chi connectivity index (χ1v) is 8.91. The molecule has 2 N–H and O–H groups in total. The van der Waals surface area contributed by atoms with Crippen LogP contribution in [0.2, 0.25) is 5.02 Å². The minimum Gasteiger partial charge on any atom is -0.308 e. The first-order valence-electron chi connectivity index (χ1n) is 8.53. The molecule has 26 heavy (non-hydrogen) atoms. The minimum absolute atomic E-state index is 0.300. The summed E-state index contributed by atoms with van der Waals surface area (Å²) in [5.74, 6) is 0. The number of carbonyl (C=O) groups excluding carboxylic acids is 1. The molecule has 1 aliphatic rings. The summed E-state index contributed by atoms with van der Waals surface area (Å²) in [6.07, 6.45) is 1.60. The lowest BCUT2D eigenvalue weighted by molar-refractivity contribution is 0.255. The summed E-state index contributed by atoms with van der Waals surface area (Å²) in [5.41, 5.74) is 3.58. The summed E-state index contributed by atoms with van der Waals surface area (Å²) < 4.78 is 0. The zero-order valence-electron chi connectivity index (χ0n) is 14.8. The van der Waals surface area contributed by atoms with Gasteiger partial charge < -0.3 is 10.6 Å². The van der Waals surface area contributed by atoms with Crippen molar-refractivity contribution in [3.8, 4) is 6.07 Å². The Hall–Kier alpha value is -2.77. The molecule has 2 aromatic rings. The van der Waals surface area contributed by atoms with Gasteiger partial charge in [-0.2, -0.15) is 5.26 Å². The molecule has 132 valence electrons. The molecule has 0 heterocycles. The SMILES string of the molecule is CCC1(C)Cc2ccccc2C(NC(=O)Nc2ccc(Cl)cc2)=C1C#N.